The van der Waals surface area contributed by atoms with Gasteiger partial charge >= 0.3 is 0 Å². The molecule has 54 heavy (non-hydrogen) atoms. The molecule has 0 unspecified atom stereocenters. The normalized spacial score (nSPS) is 15.8. The summed E-state index contributed by atoms with van der Waals surface area (Å²) in [6.07, 6.45) is 5.84. The maximum atomic E-state index is 12.8. The minimum atomic E-state index is -2.33. The Bertz CT molecular complexity index is 2800. The molecule has 0 spiro atoms. The molecule has 275 valence electrons. The van der Waals surface area contributed by atoms with Crippen LogP contribution in [-0.2, 0) is 36.4 Å². The Hall–Kier alpha value is -4.77. The maximum absolute atomic E-state index is 12.8. The summed E-state index contributed by atoms with van der Waals surface area (Å²) in [6, 6.07) is 32.7. The second-order valence-corrected chi connectivity index (χ2v) is 16.6. The number of furan rings is 1. The van der Waals surface area contributed by atoms with Crippen LogP contribution in [0.1, 0.15) is 87.8 Å². The molecule has 0 atom stereocenters. The van der Waals surface area contributed by atoms with Gasteiger partial charge in [0.15, 0.2) is 0 Å². The molecule has 0 N–H and O–H groups in total. The SMILES string of the molecule is CC(C)(C)c1ccnc(-c2[c-]cc(F)cc2)c1.[2H]C([2H])([2H])c1c[c-]c(-c2ncc3c(n2)C(C)(C)CCC3(C)C)c2oc3cc4c(ccc5ccccc54)cc3c12.[Ir]. The Morgan fingerprint density at radius 2 is 1.59 bits per heavy atom. The Morgan fingerprint density at radius 3 is 2.35 bits per heavy atom. The van der Waals surface area contributed by atoms with E-state index in [0.29, 0.717) is 27.9 Å². The second-order valence-electron chi connectivity index (χ2n) is 16.6. The zero-order chi connectivity index (χ0) is 39.8. The predicted molar refractivity (Wildman–Crippen MR) is 216 cm³/mol. The van der Waals surface area contributed by atoms with Gasteiger partial charge in [-0.2, -0.15) is 0 Å². The van der Waals surface area contributed by atoms with Crippen LogP contribution in [-0.4, -0.2) is 15.0 Å². The summed E-state index contributed by atoms with van der Waals surface area (Å²) in [7, 11) is 0. The molecule has 1 radical (unpaired) electrons. The first-order valence-corrected chi connectivity index (χ1v) is 18.2. The predicted octanol–water partition coefficient (Wildman–Crippen LogP) is 12.8. The molecule has 5 aromatic carbocycles. The van der Waals surface area contributed by atoms with Crippen LogP contribution < -0.4 is 0 Å². The van der Waals surface area contributed by atoms with Crippen LogP contribution in [0.3, 0.4) is 0 Å². The molecule has 1 aliphatic rings. The third-order valence-corrected chi connectivity index (χ3v) is 10.8. The maximum Gasteiger partial charge on any atom is 0.121 e. The molecule has 3 heterocycles. The second kappa shape index (κ2) is 13.8. The van der Waals surface area contributed by atoms with Gasteiger partial charge in [-0.1, -0.05) is 109 Å². The number of benzene rings is 5. The monoisotopic (exact) mass is 893 g/mol. The summed E-state index contributed by atoms with van der Waals surface area (Å²) < 4.78 is 44.2. The van der Waals surface area contributed by atoms with Crippen molar-refractivity contribution in [3.05, 3.63) is 138 Å². The van der Waals surface area contributed by atoms with Crippen LogP contribution >= 0.6 is 0 Å². The van der Waals surface area contributed by atoms with E-state index in [4.69, 9.17) is 18.5 Å². The number of hydrogen-bond acceptors (Lipinski definition) is 4. The molecule has 0 aliphatic heterocycles. The minimum absolute atomic E-state index is 0. The molecule has 9 rings (SSSR count). The first-order valence-electron chi connectivity index (χ1n) is 19.7. The quantitative estimate of drug-likeness (QED) is 0.128. The van der Waals surface area contributed by atoms with Gasteiger partial charge < -0.3 is 9.40 Å². The molecule has 3 aromatic heterocycles. The zero-order valence-electron chi connectivity index (χ0n) is 34.6. The van der Waals surface area contributed by atoms with Crippen LogP contribution in [0.5, 0.6) is 0 Å². The van der Waals surface area contributed by atoms with Crippen LogP contribution in [0.2, 0.25) is 0 Å². The van der Waals surface area contributed by atoms with Crippen LogP contribution in [0.15, 0.2) is 102 Å². The number of pyridine rings is 1. The molecule has 0 amide bonds. The third-order valence-electron chi connectivity index (χ3n) is 10.8. The van der Waals surface area contributed by atoms with Gasteiger partial charge in [-0.25, -0.2) is 0 Å². The fraction of sp³-hybridized carbons (Fsp3) is 0.271. The average molecular weight is 893 g/mol. The van der Waals surface area contributed by atoms with E-state index in [1.54, 1.807) is 18.3 Å². The largest absolute Gasteiger partial charge is 0.501 e. The van der Waals surface area contributed by atoms with E-state index in [9.17, 15) is 4.39 Å². The summed E-state index contributed by atoms with van der Waals surface area (Å²) in [5, 5.41) is 5.72. The molecule has 0 saturated heterocycles. The molecule has 1 aliphatic carbocycles. The summed E-state index contributed by atoms with van der Waals surface area (Å²) in [6.45, 7) is 13.1. The fourth-order valence-electron chi connectivity index (χ4n) is 7.49. The number of halogens is 1. The molecule has 6 heteroatoms. The van der Waals surface area contributed by atoms with Crippen molar-refractivity contribution in [3.8, 4) is 22.6 Å². The number of fused-ring (bicyclic) bond motifs is 7. The summed E-state index contributed by atoms with van der Waals surface area (Å²) in [4.78, 5) is 14.2. The van der Waals surface area contributed by atoms with E-state index >= 15 is 0 Å². The van der Waals surface area contributed by atoms with Gasteiger partial charge in [0.2, 0.25) is 0 Å². The standard InChI is InChI=1S/C33H29N2O.C15H15FN.Ir/c1-19-10-13-23(31-34-18-26-30(35-31)33(4,5)15-14-32(26,2)3)29-28(19)25-16-21-12-11-20-8-6-7-9-22(20)24(21)17-27(25)36-29;1-15(2,3)12-8-9-17-14(10-12)11-4-6-13(16)7-5-11;/h6-12,16-18H,14-15H2,1-5H3;4,6-10H,1-3H3;/q2*-1;/i1D3;;. The minimum Gasteiger partial charge on any atom is -0.501 e. The van der Waals surface area contributed by atoms with Crippen molar-refractivity contribution in [2.24, 2.45) is 0 Å². The third kappa shape index (κ3) is 6.76. The number of aryl methyl sites for hydroxylation is 1. The van der Waals surface area contributed by atoms with Crippen molar-refractivity contribution in [2.45, 2.75) is 84.4 Å². The topological polar surface area (TPSA) is 51.8 Å². The molecule has 0 saturated carbocycles. The van der Waals surface area contributed by atoms with Crippen molar-refractivity contribution >= 4 is 43.5 Å². The zero-order valence-corrected chi connectivity index (χ0v) is 34.0. The van der Waals surface area contributed by atoms with Crippen molar-refractivity contribution in [2.75, 3.05) is 0 Å². The van der Waals surface area contributed by atoms with Crippen LogP contribution in [0.4, 0.5) is 4.39 Å². The van der Waals surface area contributed by atoms with Crippen LogP contribution in [0.25, 0.3) is 66.1 Å². The van der Waals surface area contributed by atoms with Gasteiger partial charge in [0.1, 0.15) is 5.58 Å². The van der Waals surface area contributed by atoms with Crippen LogP contribution in [0, 0.1) is 24.8 Å². The number of aromatic nitrogens is 3. The van der Waals surface area contributed by atoms with E-state index in [0.717, 1.165) is 56.7 Å². The van der Waals surface area contributed by atoms with Gasteiger partial charge in [0, 0.05) is 58.9 Å². The number of hydrogen-bond donors (Lipinski definition) is 0. The Morgan fingerprint density at radius 1 is 0.815 bits per heavy atom. The van der Waals surface area contributed by atoms with E-state index in [2.05, 4.69) is 89.8 Å². The van der Waals surface area contributed by atoms with E-state index in [1.165, 1.54) is 23.3 Å². The van der Waals surface area contributed by atoms with Gasteiger partial charge in [0.25, 0.3) is 0 Å². The Labute approximate surface area is 334 Å². The van der Waals surface area contributed by atoms with Crippen molar-refractivity contribution in [1.29, 1.82) is 0 Å². The van der Waals surface area contributed by atoms with E-state index in [1.807, 2.05) is 42.6 Å². The summed E-state index contributed by atoms with van der Waals surface area (Å²) >= 11 is 0. The number of nitrogens with zero attached hydrogens (tertiary/aromatic N) is 3. The number of rotatable bonds is 2. The average Bonchev–Trinajstić information content (AvgIpc) is 3.53. The van der Waals surface area contributed by atoms with Gasteiger partial charge in [-0.05, 0) is 80.2 Å². The summed E-state index contributed by atoms with van der Waals surface area (Å²) in [5.41, 5.74) is 6.96. The summed E-state index contributed by atoms with van der Waals surface area (Å²) in [5.74, 6) is 0.233. The fourth-order valence-corrected chi connectivity index (χ4v) is 7.49. The molecule has 0 bridgehead atoms. The van der Waals surface area contributed by atoms with E-state index in [-0.39, 0.29) is 47.7 Å². The van der Waals surface area contributed by atoms with Crippen molar-refractivity contribution in [1.82, 2.24) is 15.0 Å². The smallest absolute Gasteiger partial charge is 0.121 e. The molecule has 4 nitrogen and oxygen atoms in total. The van der Waals surface area contributed by atoms with Gasteiger partial charge in [0.05, 0.1) is 11.4 Å². The van der Waals surface area contributed by atoms with E-state index < -0.39 is 6.85 Å². The molecule has 0 fully saturated rings. The molecular formula is C48H44FIrN3O-2. The van der Waals surface area contributed by atoms with Gasteiger partial charge in [-0.15, -0.1) is 47.5 Å². The van der Waals surface area contributed by atoms with Crippen molar-refractivity contribution in [3.63, 3.8) is 0 Å². The first kappa shape index (κ1) is 33.8. The first-order chi connectivity index (χ1) is 26.4. The Balaban J connectivity index is 0.000000232. The van der Waals surface area contributed by atoms with Crippen molar-refractivity contribution < 1.29 is 33.0 Å². The van der Waals surface area contributed by atoms with Gasteiger partial charge in [-0.3, -0.25) is 14.4 Å². The Kier molecular flexibility index (Phi) is 8.64. The molecular weight excluding hydrogens is 846 g/mol. The molecule has 8 aromatic rings.